The molecule has 10 heteroatoms. The van der Waals surface area contributed by atoms with Crippen molar-refractivity contribution in [1.82, 2.24) is 0 Å². The third-order valence-electron chi connectivity index (χ3n) is 3.41. The van der Waals surface area contributed by atoms with Gasteiger partial charge in [0.05, 0.1) is 9.79 Å². The summed E-state index contributed by atoms with van der Waals surface area (Å²) in [4.78, 5) is 9.85. The summed E-state index contributed by atoms with van der Waals surface area (Å²) in [6, 6.07) is 12.0. The van der Waals surface area contributed by atoms with Gasteiger partial charge in [0.1, 0.15) is 0 Å². The van der Waals surface area contributed by atoms with Crippen molar-refractivity contribution in [3.05, 3.63) is 59.7 Å². The van der Waals surface area contributed by atoms with Gasteiger partial charge in [-0.3, -0.25) is 13.9 Å². The Morgan fingerprint density at radius 3 is 1.28 bits per heavy atom. The van der Waals surface area contributed by atoms with E-state index >= 15 is 0 Å². The van der Waals surface area contributed by atoms with Crippen LogP contribution in [0.4, 0.5) is 0 Å². The average molecular weight is 446 g/mol. The maximum absolute atomic E-state index is 10.5. The lowest BCUT2D eigenvalue weighted by Gasteiger charge is -1.95. The highest BCUT2D eigenvalue weighted by molar-refractivity contribution is 7.86. The standard InChI is InChI=1S/2C7H8O3S.C5H11NO/c2*1-6-2-4-7(5-3-6)11(8,9)10;1-2-3-4-5(6)7/h2*2-5H,1H3,(H,8,9,10);2-4H2,1H3,(H2,6,7). The number of primary amides is 1. The summed E-state index contributed by atoms with van der Waals surface area (Å²) < 4.78 is 59.1. The van der Waals surface area contributed by atoms with Crippen LogP contribution in [0.1, 0.15) is 37.3 Å². The topological polar surface area (TPSA) is 152 Å². The van der Waals surface area contributed by atoms with Gasteiger partial charge in [0.2, 0.25) is 5.91 Å². The first-order valence-electron chi connectivity index (χ1n) is 8.64. The molecule has 0 spiro atoms. The molecule has 0 saturated carbocycles. The van der Waals surface area contributed by atoms with Crippen molar-refractivity contribution >= 4 is 26.1 Å². The van der Waals surface area contributed by atoms with E-state index in [4.69, 9.17) is 14.8 Å². The lowest BCUT2D eigenvalue weighted by Crippen LogP contribution is -2.09. The monoisotopic (exact) mass is 445 g/mol. The Morgan fingerprint density at radius 1 is 0.793 bits per heavy atom. The molecule has 0 heterocycles. The number of nitrogens with two attached hydrogens (primary N) is 1. The van der Waals surface area contributed by atoms with Crippen LogP contribution >= 0.6 is 0 Å². The zero-order valence-corrected chi connectivity index (χ0v) is 18.2. The Kier molecular flexibility index (Phi) is 11.4. The molecule has 0 fully saturated rings. The quantitative estimate of drug-likeness (QED) is 0.598. The molecular weight excluding hydrogens is 418 g/mol. The highest BCUT2D eigenvalue weighted by Gasteiger charge is 2.07. The molecule has 0 saturated heterocycles. The van der Waals surface area contributed by atoms with Crippen molar-refractivity contribution in [2.24, 2.45) is 5.73 Å². The highest BCUT2D eigenvalue weighted by Crippen LogP contribution is 2.09. The van der Waals surface area contributed by atoms with Gasteiger partial charge >= 0.3 is 0 Å². The molecule has 0 atom stereocenters. The second kappa shape index (κ2) is 12.3. The maximum atomic E-state index is 10.5. The fourth-order valence-corrected chi connectivity index (χ4v) is 2.73. The van der Waals surface area contributed by atoms with Crippen LogP contribution in [0.25, 0.3) is 0 Å². The smallest absolute Gasteiger partial charge is 0.294 e. The van der Waals surface area contributed by atoms with Crippen LogP contribution in [0.15, 0.2) is 58.3 Å². The van der Waals surface area contributed by atoms with Crippen LogP contribution in [0.3, 0.4) is 0 Å². The first-order chi connectivity index (χ1) is 13.3. The predicted octanol–water partition coefficient (Wildman–Crippen LogP) is 3.15. The highest BCUT2D eigenvalue weighted by atomic mass is 32.2. The fourth-order valence-electron chi connectivity index (χ4n) is 1.77. The van der Waals surface area contributed by atoms with Crippen molar-refractivity contribution < 1.29 is 30.7 Å². The van der Waals surface area contributed by atoms with Gasteiger partial charge in [-0.15, -0.1) is 0 Å². The summed E-state index contributed by atoms with van der Waals surface area (Å²) in [6.45, 7) is 5.71. The van der Waals surface area contributed by atoms with Crippen molar-refractivity contribution in [3.63, 3.8) is 0 Å². The van der Waals surface area contributed by atoms with E-state index < -0.39 is 20.2 Å². The van der Waals surface area contributed by atoms with Crippen LogP contribution in [0, 0.1) is 13.8 Å². The zero-order chi connectivity index (χ0) is 22.7. The molecule has 0 aliphatic rings. The molecule has 29 heavy (non-hydrogen) atoms. The molecule has 8 nitrogen and oxygen atoms in total. The predicted molar refractivity (Wildman–Crippen MR) is 111 cm³/mol. The SMILES string of the molecule is CCCCC(N)=O.Cc1ccc(S(=O)(=O)O)cc1.Cc1ccc(S(=O)(=O)O)cc1. The second-order valence-corrected chi connectivity index (χ2v) is 8.99. The zero-order valence-electron chi connectivity index (χ0n) is 16.6. The Labute approximate surface area is 172 Å². The average Bonchev–Trinajstić information content (AvgIpc) is 2.60. The molecule has 0 aliphatic heterocycles. The minimum atomic E-state index is -4.02. The first-order valence-corrected chi connectivity index (χ1v) is 11.5. The van der Waals surface area contributed by atoms with E-state index in [1.807, 2.05) is 20.8 Å². The lowest BCUT2D eigenvalue weighted by atomic mass is 10.2. The Hall–Kier alpha value is -2.27. The minimum absolute atomic E-state index is 0.0666. The number of hydrogen-bond acceptors (Lipinski definition) is 5. The Bertz CT molecular complexity index is 893. The molecule has 0 radical (unpaired) electrons. The second-order valence-electron chi connectivity index (χ2n) is 6.15. The number of carbonyl (C=O) groups is 1. The van der Waals surface area contributed by atoms with Crippen LogP contribution < -0.4 is 5.73 Å². The number of benzene rings is 2. The van der Waals surface area contributed by atoms with Crippen molar-refractivity contribution in [2.45, 2.75) is 49.8 Å². The van der Waals surface area contributed by atoms with E-state index in [2.05, 4.69) is 0 Å². The van der Waals surface area contributed by atoms with Gasteiger partial charge in [0.15, 0.2) is 0 Å². The first kappa shape index (κ1) is 26.7. The fraction of sp³-hybridized carbons (Fsp3) is 0.316. The van der Waals surface area contributed by atoms with Gasteiger partial charge in [-0.2, -0.15) is 16.8 Å². The summed E-state index contributed by atoms with van der Waals surface area (Å²) in [5, 5.41) is 0. The molecule has 0 aliphatic carbocycles. The summed E-state index contributed by atoms with van der Waals surface area (Å²) in [5.74, 6) is -0.193. The maximum Gasteiger partial charge on any atom is 0.294 e. The Balaban J connectivity index is 0.000000419. The molecule has 2 aromatic carbocycles. The molecule has 4 N–H and O–H groups in total. The summed E-state index contributed by atoms with van der Waals surface area (Å²) in [6.07, 6.45) is 2.51. The van der Waals surface area contributed by atoms with E-state index in [0.29, 0.717) is 6.42 Å². The number of amides is 1. The van der Waals surface area contributed by atoms with E-state index in [1.165, 1.54) is 24.3 Å². The van der Waals surface area contributed by atoms with Gasteiger partial charge in [0.25, 0.3) is 20.2 Å². The number of carbonyl (C=O) groups excluding carboxylic acids is 1. The van der Waals surface area contributed by atoms with Gasteiger partial charge in [0, 0.05) is 6.42 Å². The van der Waals surface area contributed by atoms with E-state index in [-0.39, 0.29) is 15.7 Å². The van der Waals surface area contributed by atoms with Gasteiger partial charge in [-0.1, -0.05) is 48.7 Å². The summed E-state index contributed by atoms with van der Waals surface area (Å²) in [7, 11) is -8.04. The number of unbranched alkanes of at least 4 members (excludes halogenated alkanes) is 1. The van der Waals surface area contributed by atoms with Crippen molar-refractivity contribution in [1.29, 1.82) is 0 Å². The van der Waals surface area contributed by atoms with Crippen LogP contribution in [0.2, 0.25) is 0 Å². The van der Waals surface area contributed by atoms with E-state index in [1.54, 1.807) is 24.3 Å². The number of hydrogen-bond donors (Lipinski definition) is 3. The molecule has 0 bridgehead atoms. The molecular formula is C19H27NO7S2. The van der Waals surface area contributed by atoms with Gasteiger partial charge in [-0.25, -0.2) is 0 Å². The van der Waals surface area contributed by atoms with E-state index in [9.17, 15) is 21.6 Å². The third-order valence-corrected chi connectivity index (χ3v) is 5.15. The van der Waals surface area contributed by atoms with E-state index in [0.717, 1.165) is 24.0 Å². The largest absolute Gasteiger partial charge is 0.370 e. The molecule has 2 rings (SSSR count). The van der Waals surface area contributed by atoms with Crippen LogP contribution in [-0.4, -0.2) is 31.8 Å². The van der Waals surface area contributed by atoms with Gasteiger partial charge in [-0.05, 0) is 44.5 Å². The summed E-state index contributed by atoms with van der Waals surface area (Å²) in [5.41, 5.74) is 6.75. The molecule has 162 valence electrons. The Morgan fingerprint density at radius 2 is 1.10 bits per heavy atom. The van der Waals surface area contributed by atoms with Crippen LogP contribution in [-0.2, 0) is 25.0 Å². The number of rotatable bonds is 5. The van der Waals surface area contributed by atoms with Crippen molar-refractivity contribution in [2.75, 3.05) is 0 Å². The lowest BCUT2D eigenvalue weighted by molar-refractivity contribution is -0.118. The molecule has 0 aromatic heterocycles. The van der Waals surface area contributed by atoms with Crippen LogP contribution in [0.5, 0.6) is 0 Å². The van der Waals surface area contributed by atoms with Crippen molar-refractivity contribution in [3.8, 4) is 0 Å². The molecule has 2 aromatic rings. The normalized spacial score (nSPS) is 10.8. The third kappa shape index (κ3) is 12.7. The minimum Gasteiger partial charge on any atom is -0.370 e. The number of aryl methyl sites for hydroxylation is 2. The summed E-state index contributed by atoms with van der Waals surface area (Å²) >= 11 is 0. The molecule has 1 amide bonds. The van der Waals surface area contributed by atoms with Gasteiger partial charge < -0.3 is 5.73 Å². The molecule has 0 unspecified atom stereocenters.